The zero-order valence-corrected chi connectivity index (χ0v) is 20.9. The van der Waals surface area contributed by atoms with E-state index in [1.165, 1.54) is 4.90 Å². The van der Waals surface area contributed by atoms with Crippen molar-refractivity contribution in [1.82, 2.24) is 4.90 Å². The molecule has 7 heteroatoms. The molecule has 186 valence electrons. The number of likely N-dealkylation sites (tertiary alicyclic amines) is 1. The van der Waals surface area contributed by atoms with Crippen LogP contribution in [0.4, 0.5) is 10.5 Å². The second-order valence-corrected chi connectivity index (χ2v) is 10.1. The largest absolute Gasteiger partial charge is 0.464 e. The summed E-state index contributed by atoms with van der Waals surface area (Å²) in [6.45, 7) is 7.42. The van der Waals surface area contributed by atoms with E-state index in [0.29, 0.717) is 31.4 Å². The standard InChI is InChI=1S/C28H34N2O5/c1-5-34-26(32)23-16-15-21(17-19-11-7-6-8-12-19)29(23)25(31)24-18-20-13-9-10-14-22(20)30(24)27(33)35-28(2,3)4/h6-14,21,23-24H,5,15-18H2,1-4H3/t21-,23+,24+/m0/s1. The topological polar surface area (TPSA) is 76.2 Å². The minimum Gasteiger partial charge on any atom is -0.464 e. The van der Waals surface area contributed by atoms with Crippen LogP contribution in [-0.4, -0.2) is 53.2 Å². The molecule has 7 nitrogen and oxygen atoms in total. The molecule has 0 aliphatic carbocycles. The molecule has 0 unspecified atom stereocenters. The van der Waals surface area contributed by atoms with E-state index in [-0.39, 0.29) is 18.6 Å². The van der Waals surface area contributed by atoms with Gasteiger partial charge in [0.2, 0.25) is 5.91 Å². The normalized spacial score (nSPS) is 21.5. The smallest absolute Gasteiger partial charge is 0.415 e. The average molecular weight is 479 g/mol. The first-order valence-electron chi connectivity index (χ1n) is 12.3. The van der Waals surface area contributed by atoms with Gasteiger partial charge in [-0.1, -0.05) is 48.5 Å². The van der Waals surface area contributed by atoms with Crippen molar-refractivity contribution in [2.45, 2.75) is 77.1 Å². The summed E-state index contributed by atoms with van der Waals surface area (Å²) in [5.41, 5.74) is 1.97. The number of benzene rings is 2. The number of hydrogen-bond acceptors (Lipinski definition) is 5. The van der Waals surface area contributed by atoms with Crippen LogP contribution in [0, 0.1) is 0 Å². The molecule has 2 aliphatic rings. The van der Waals surface area contributed by atoms with Crippen LogP contribution in [-0.2, 0) is 31.9 Å². The van der Waals surface area contributed by atoms with Gasteiger partial charge in [0.15, 0.2) is 0 Å². The lowest BCUT2D eigenvalue weighted by atomic mass is 10.0. The number of rotatable bonds is 5. The van der Waals surface area contributed by atoms with Crippen LogP contribution in [0.2, 0.25) is 0 Å². The number of para-hydroxylation sites is 1. The summed E-state index contributed by atoms with van der Waals surface area (Å²) in [6, 6.07) is 15.8. The van der Waals surface area contributed by atoms with Gasteiger partial charge < -0.3 is 14.4 Å². The zero-order chi connectivity index (χ0) is 25.2. The van der Waals surface area contributed by atoms with Crippen LogP contribution in [0.15, 0.2) is 54.6 Å². The Hall–Kier alpha value is -3.35. The Morgan fingerprint density at radius 2 is 1.63 bits per heavy atom. The fraction of sp³-hybridized carbons (Fsp3) is 0.464. The summed E-state index contributed by atoms with van der Waals surface area (Å²) in [4.78, 5) is 43.5. The minimum absolute atomic E-state index is 0.163. The first kappa shape index (κ1) is 24.8. The molecule has 2 heterocycles. The Labute approximate surface area is 207 Å². The van der Waals surface area contributed by atoms with E-state index in [9.17, 15) is 14.4 Å². The summed E-state index contributed by atoms with van der Waals surface area (Å²) in [5.74, 6) is -0.640. The predicted molar refractivity (Wildman–Crippen MR) is 133 cm³/mol. The van der Waals surface area contributed by atoms with Crippen molar-refractivity contribution in [3.63, 3.8) is 0 Å². The molecule has 0 aromatic heterocycles. The fourth-order valence-corrected chi connectivity index (χ4v) is 5.07. The highest BCUT2D eigenvalue weighted by atomic mass is 16.6. The maximum Gasteiger partial charge on any atom is 0.415 e. The predicted octanol–water partition coefficient (Wildman–Crippen LogP) is 4.52. The SMILES string of the molecule is CCOC(=O)[C@H]1CC[C@@H](Cc2ccccc2)N1C(=O)[C@H]1Cc2ccccc2N1C(=O)OC(C)(C)C. The quantitative estimate of drug-likeness (QED) is 0.591. The number of carbonyl (C=O) groups is 3. The number of carbonyl (C=O) groups excluding carboxylic acids is 3. The van der Waals surface area contributed by atoms with Crippen molar-refractivity contribution in [1.29, 1.82) is 0 Å². The highest BCUT2D eigenvalue weighted by Gasteiger charge is 2.48. The van der Waals surface area contributed by atoms with Crippen molar-refractivity contribution in [3.05, 3.63) is 65.7 Å². The van der Waals surface area contributed by atoms with Gasteiger partial charge in [-0.3, -0.25) is 9.69 Å². The van der Waals surface area contributed by atoms with Gasteiger partial charge in [-0.25, -0.2) is 9.59 Å². The van der Waals surface area contributed by atoms with Crippen molar-refractivity contribution < 1.29 is 23.9 Å². The number of ether oxygens (including phenoxy) is 2. The first-order valence-corrected chi connectivity index (χ1v) is 12.3. The molecular formula is C28H34N2O5. The maximum absolute atomic E-state index is 14.2. The summed E-state index contributed by atoms with van der Waals surface area (Å²) in [7, 11) is 0. The van der Waals surface area contributed by atoms with Gasteiger partial charge in [0.05, 0.1) is 12.3 Å². The average Bonchev–Trinajstić information content (AvgIpc) is 3.40. The Morgan fingerprint density at radius 1 is 0.943 bits per heavy atom. The molecule has 0 saturated carbocycles. The molecule has 0 bridgehead atoms. The first-order chi connectivity index (χ1) is 16.7. The number of nitrogens with zero attached hydrogens (tertiary/aromatic N) is 2. The van der Waals surface area contributed by atoms with E-state index < -0.39 is 29.7 Å². The van der Waals surface area contributed by atoms with Gasteiger partial charge in [-0.15, -0.1) is 0 Å². The van der Waals surface area contributed by atoms with Gasteiger partial charge in [0, 0.05) is 12.5 Å². The van der Waals surface area contributed by atoms with Crippen molar-refractivity contribution >= 4 is 23.7 Å². The van der Waals surface area contributed by atoms with Gasteiger partial charge >= 0.3 is 12.1 Å². The summed E-state index contributed by atoms with van der Waals surface area (Å²) in [6.07, 6.45) is 1.67. The molecule has 1 fully saturated rings. The second kappa shape index (κ2) is 10.1. The Balaban J connectivity index is 1.67. The molecular weight excluding hydrogens is 444 g/mol. The Morgan fingerprint density at radius 3 is 2.31 bits per heavy atom. The van der Waals surface area contributed by atoms with Gasteiger partial charge in [-0.2, -0.15) is 0 Å². The lowest BCUT2D eigenvalue weighted by Gasteiger charge is -2.35. The Bertz CT molecular complexity index is 1080. The van der Waals surface area contributed by atoms with Crippen molar-refractivity contribution in [2.75, 3.05) is 11.5 Å². The molecule has 2 aromatic carbocycles. The van der Waals surface area contributed by atoms with E-state index in [1.54, 1.807) is 32.6 Å². The van der Waals surface area contributed by atoms with Crippen LogP contribution in [0.1, 0.15) is 51.7 Å². The molecule has 4 rings (SSSR count). The van der Waals surface area contributed by atoms with Gasteiger partial charge in [-0.05, 0) is 64.2 Å². The number of hydrogen-bond donors (Lipinski definition) is 0. The zero-order valence-electron chi connectivity index (χ0n) is 20.9. The Kier molecular flexibility index (Phi) is 7.15. The molecule has 3 atom stereocenters. The van der Waals surface area contributed by atoms with Gasteiger partial charge in [0.25, 0.3) is 0 Å². The molecule has 2 aliphatic heterocycles. The molecule has 2 amide bonds. The third-order valence-electron chi connectivity index (χ3n) is 6.48. The number of esters is 1. The minimum atomic E-state index is -0.782. The van der Waals surface area contributed by atoms with Crippen LogP contribution in [0.25, 0.3) is 0 Å². The summed E-state index contributed by atoms with van der Waals surface area (Å²) < 4.78 is 11.0. The van der Waals surface area contributed by atoms with Crippen LogP contribution in [0.5, 0.6) is 0 Å². The van der Waals surface area contributed by atoms with Crippen LogP contribution >= 0.6 is 0 Å². The van der Waals surface area contributed by atoms with Crippen molar-refractivity contribution in [3.8, 4) is 0 Å². The molecule has 1 saturated heterocycles. The monoisotopic (exact) mass is 478 g/mol. The maximum atomic E-state index is 14.2. The summed E-state index contributed by atoms with van der Waals surface area (Å²) in [5, 5.41) is 0. The van der Waals surface area contributed by atoms with E-state index in [0.717, 1.165) is 11.1 Å². The number of anilines is 1. The summed E-state index contributed by atoms with van der Waals surface area (Å²) >= 11 is 0. The highest BCUT2D eigenvalue weighted by Crippen LogP contribution is 2.37. The van der Waals surface area contributed by atoms with E-state index in [2.05, 4.69) is 0 Å². The molecule has 35 heavy (non-hydrogen) atoms. The number of amides is 2. The van der Waals surface area contributed by atoms with E-state index in [1.807, 2.05) is 54.6 Å². The lowest BCUT2D eigenvalue weighted by molar-refractivity contribution is -0.154. The van der Waals surface area contributed by atoms with Crippen LogP contribution in [0.3, 0.4) is 0 Å². The van der Waals surface area contributed by atoms with Crippen molar-refractivity contribution in [2.24, 2.45) is 0 Å². The third-order valence-corrected chi connectivity index (χ3v) is 6.48. The molecule has 0 spiro atoms. The van der Waals surface area contributed by atoms with E-state index >= 15 is 0 Å². The molecule has 2 aromatic rings. The van der Waals surface area contributed by atoms with Crippen LogP contribution < -0.4 is 4.90 Å². The fourth-order valence-electron chi connectivity index (χ4n) is 5.07. The van der Waals surface area contributed by atoms with Gasteiger partial charge in [0.1, 0.15) is 17.7 Å². The highest BCUT2D eigenvalue weighted by molar-refractivity contribution is 6.01. The second-order valence-electron chi connectivity index (χ2n) is 10.1. The molecule has 0 N–H and O–H groups in total. The number of fused-ring (bicyclic) bond motifs is 1. The third kappa shape index (κ3) is 5.34. The lowest BCUT2D eigenvalue weighted by Crippen LogP contribution is -2.55. The van der Waals surface area contributed by atoms with E-state index in [4.69, 9.17) is 9.47 Å². The molecule has 0 radical (unpaired) electrons.